The van der Waals surface area contributed by atoms with E-state index in [1.165, 1.54) is 0 Å². The molecule has 0 spiro atoms. The summed E-state index contributed by atoms with van der Waals surface area (Å²) in [6, 6.07) is 19.5. The Kier molecular flexibility index (Phi) is 7.40. The molecule has 2 amide bonds. The fraction of sp³-hybridized carbons (Fsp3) is 0.346. The lowest BCUT2D eigenvalue weighted by Gasteiger charge is -2.33. The highest BCUT2D eigenvalue weighted by atomic mass is 16.5. The molecule has 2 aromatic carbocycles. The number of nitrogens with zero attached hydrogens (tertiary/aromatic N) is 3. The second-order valence-electron chi connectivity index (χ2n) is 8.30. The highest BCUT2D eigenvalue weighted by Gasteiger charge is 2.25. The minimum Gasteiger partial charge on any atom is -0.496 e. The van der Waals surface area contributed by atoms with Crippen LogP contribution in [0.3, 0.4) is 0 Å². The van der Waals surface area contributed by atoms with Crippen LogP contribution in [0, 0.1) is 0 Å². The van der Waals surface area contributed by atoms with Gasteiger partial charge in [-0.1, -0.05) is 48.5 Å². The van der Waals surface area contributed by atoms with E-state index in [1.807, 2.05) is 70.2 Å². The van der Waals surface area contributed by atoms with Crippen molar-refractivity contribution in [3.63, 3.8) is 0 Å². The molecule has 0 aliphatic carbocycles. The van der Waals surface area contributed by atoms with Gasteiger partial charge in [0.25, 0.3) is 0 Å². The molecule has 0 atom stereocenters. The first-order valence-electron chi connectivity index (χ1n) is 11.4. The van der Waals surface area contributed by atoms with E-state index in [2.05, 4.69) is 10.4 Å². The van der Waals surface area contributed by atoms with Crippen LogP contribution in [0.1, 0.15) is 36.4 Å². The van der Waals surface area contributed by atoms with Crippen molar-refractivity contribution in [2.75, 3.05) is 25.5 Å². The zero-order chi connectivity index (χ0) is 23.0. The van der Waals surface area contributed by atoms with Crippen LogP contribution < -0.4 is 10.1 Å². The number of methoxy groups -OCH3 is 1. The fourth-order valence-electron chi connectivity index (χ4n) is 4.34. The SMILES string of the molecule is COc1ccccc1CCC(=O)N1CCC(n2nccc2NC(=O)Cc2ccccc2)CC1. The van der Waals surface area contributed by atoms with E-state index in [4.69, 9.17) is 4.74 Å². The Balaban J connectivity index is 1.28. The molecule has 0 saturated carbocycles. The van der Waals surface area contributed by atoms with Crippen molar-refractivity contribution in [1.29, 1.82) is 0 Å². The van der Waals surface area contributed by atoms with Crippen LogP contribution >= 0.6 is 0 Å². The van der Waals surface area contributed by atoms with E-state index in [1.54, 1.807) is 13.3 Å². The summed E-state index contributed by atoms with van der Waals surface area (Å²) in [5.41, 5.74) is 2.02. The van der Waals surface area contributed by atoms with Crippen molar-refractivity contribution in [3.8, 4) is 5.75 Å². The molecule has 0 bridgehead atoms. The standard InChI is InChI=1S/C26H30N4O3/c1-33-23-10-6-5-9-21(23)11-12-26(32)29-17-14-22(15-18-29)30-24(13-16-27-30)28-25(31)19-20-7-3-2-4-8-20/h2-10,13,16,22H,11-12,14-15,17-19H2,1H3,(H,28,31). The van der Waals surface area contributed by atoms with Gasteiger partial charge in [0.1, 0.15) is 11.6 Å². The van der Waals surface area contributed by atoms with Gasteiger partial charge in [-0.05, 0) is 36.5 Å². The average Bonchev–Trinajstić information content (AvgIpc) is 3.31. The van der Waals surface area contributed by atoms with Crippen molar-refractivity contribution < 1.29 is 14.3 Å². The van der Waals surface area contributed by atoms with Crippen molar-refractivity contribution in [2.45, 2.75) is 38.1 Å². The highest BCUT2D eigenvalue weighted by molar-refractivity contribution is 5.91. The zero-order valence-corrected chi connectivity index (χ0v) is 18.9. The van der Waals surface area contributed by atoms with Crippen LogP contribution in [0.5, 0.6) is 5.75 Å². The molecule has 172 valence electrons. The summed E-state index contributed by atoms with van der Waals surface area (Å²) in [5, 5.41) is 7.44. The fourth-order valence-corrected chi connectivity index (χ4v) is 4.34. The van der Waals surface area contributed by atoms with Crippen molar-refractivity contribution in [1.82, 2.24) is 14.7 Å². The number of anilines is 1. The number of hydrogen-bond acceptors (Lipinski definition) is 4. The lowest BCUT2D eigenvalue weighted by molar-refractivity contribution is -0.132. The van der Waals surface area contributed by atoms with Gasteiger partial charge in [-0.3, -0.25) is 9.59 Å². The molecule has 1 aromatic heterocycles. The molecular weight excluding hydrogens is 416 g/mol. The number of amides is 2. The number of carbonyl (C=O) groups is 2. The maximum atomic E-state index is 12.8. The number of likely N-dealkylation sites (tertiary alicyclic amines) is 1. The van der Waals surface area contributed by atoms with Gasteiger partial charge >= 0.3 is 0 Å². The summed E-state index contributed by atoms with van der Waals surface area (Å²) < 4.78 is 7.27. The average molecular weight is 447 g/mol. The summed E-state index contributed by atoms with van der Waals surface area (Å²) in [7, 11) is 1.65. The Morgan fingerprint density at radius 2 is 1.76 bits per heavy atom. The summed E-state index contributed by atoms with van der Waals surface area (Å²) in [6.45, 7) is 1.37. The minimum atomic E-state index is -0.0631. The quantitative estimate of drug-likeness (QED) is 0.570. The number of aryl methyl sites for hydroxylation is 1. The third-order valence-electron chi connectivity index (χ3n) is 6.11. The molecule has 1 N–H and O–H groups in total. The molecule has 7 heteroatoms. The second kappa shape index (κ2) is 10.8. The number of hydrogen-bond donors (Lipinski definition) is 1. The molecule has 0 radical (unpaired) electrons. The lowest BCUT2D eigenvalue weighted by Crippen LogP contribution is -2.39. The molecule has 1 saturated heterocycles. The topological polar surface area (TPSA) is 76.5 Å². The molecular formula is C26H30N4O3. The highest BCUT2D eigenvalue weighted by Crippen LogP contribution is 2.26. The number of ether oxygens (including phenoxy) is 1. The van der Waals surface area contributed by atoms with Gasteiger partial charge in [0.05, 0.1) is 25.8 Å². The van der Waals surface area contributed by atoms with Crippen LogP contribution in [0.15, 0.2) is 66.9 Å². The Morgan fingerprint density at radius 1 is 1.03 bits per heavy atom. The predicted octanol–water partition coefficient (Wildman–Crippen LogP) is 3.87. The Labute approximate surface area is 194 Å². The summed E-state index contributed by atoms with van der Waals surface area (Å²) in [5.74, 6) is 1.63. The van der Waals surface area contributed by atoms with Gasteiger partial charge in [0.15, 0.2) is 0 Å². The Hall–Kier alpha value is -3.61. The number of carbonyl (C=O) groups excluding carboxylic acids is 2. The summed E-state index contributed by atoms with van der Waals surface area (Å²) in [6.07, 6.45) is 4.79. The van der Waals surface area contributed by atoms with Crippen molar-refractivity contribution in [2.24, 2.45) is 0 Å². The number of rotatable bonds is 8. The summed E-state index contributed by atoms with van der Waals surface area (Å²) in [4.78, 5) is 27.2. The Bertz CT molecular complexity index is 1070. The smallest absolute Gasteiger partial charge is 0.229 e. The van der Waals surface area contributed by atoms with Crippen LogP contribution in [0.4, 0.5) is 5.82 Å². The molecule has 7 nitrogen and oxygen atoms in total. The van der Waals surface area contributed by atoms with E-state index < -0.39 is 0 Å². The van der Waals surface area contributed by atoms with Gasteiger partial charge < -0.3 is 15.0 Å². The van der Waals surface area contributed by atoms with Gasteiger partial charge in [-0.2, -0.15) is 5.10 Å². The van der Waals surface area contributed by atoms with Gasteiger partial charge in [0, 0.05) is 25.6 Å². The summed E-state index contributed by atoms with van der Waals surface area (Å²) >= 11 is 0. The third kappa shape index (κ3) is 5.80. The van der Waals surface area contributed by atoms with E-state index in [-0.39, 0.29) is 17.9 Å². The molecule has 0 unspecified atom stereocenters. The minimum absolute atomic E-state index is 0.0631. The molecule has 4 rings (SSSR count). The molecule has 1 aliphatic rings. The molecule has 1 fully saturated rings. The molecule has 1 aliphatic heterocycles. The van der Waals surface area contributed by atoms with Crippen molar-refractivity contribution in [3.05, 3.63) is 78.0 Å². The van der Waals surface area contributed by atoms with Crippen LogP contribution in [-0.4, -0.2) is 46.7 Å². The van der Waals surface area contributed by atoms with Gasteiger partial charge in [0.2, 0.25) is 11.8 Å². The number of nitrogens with one attached hydrogen (secondary N) is 1. The van der Waals surface area contributed by atoms with Crippen LogP contribution in [0.25, 0.3) is 0 Å². The third-order valence-corrected chi connectivity index (χ3v) is 6.11. The molecule has 2 heterocycles. The first kappa shape index (κ1) is 22.6. The van der Waals surface area contributed by atoms with E-state index in [0.29, 0.717) is 38.2 Å². The number of piperidine rings is 1. The molecule has 3 aromatic rings. The van der Waals surface area contributed by atoms with Crippen LogP contribution in [-0.2, 0) is 22.4 Å². The van der Waals surface area contributed by atoms with E-state index in [9.17, 15) is 9.59 Å². The first-order chi connectivity index (χ1) is 16.1. The monoisotopic (exact) mass is 446 g/mol. The predicted molar refractivity (Wildman–Crippen MR) is 127 cm³/mol. The van der Waals surface area contributed by atoms with E-state index in [0.717, 1.165) is 29.7 Å². The van der Waals surface area contributed by atoms with Crippen molar-refractivity contribution >= 4 is 17.6 Å². The zero-order valence-electron chi connectivity index (χ0n) is 18.9. The maximum absolute atomic E-state index is 12.8. The number of para-hydroxylation sites is 1. The lowest BCUT2D eigenvalue weighted by atomic mass is 10.0. The first-order valence-corrected chi connectivity index (χ1v) is 11.4. The van der Waals surface area contributed by atoms with Gasteiger partial charge in [-0.15, -0.1) is 0 Å². The van der Waals surface area contributed by atoms with Crippen LogP contribution in [0.2, 0.25) is 0 Å². The normalized spacial score (nSPS) is 14.2. The van der Waals surface area contributed by atoms with Gasteiger partial charge in [-0.25, -0.2) is 4.68 Å². The Morgan fingerprint density at radius 3 is 2.52 bits per heavy atom. The number of benzene rings is 2. The largest absolute Gasteiger partial charge is 0.496 e. The molecule has 33 heavy (non-hydrogen) atoms. The second-order valence-corrected chi connectivity index (χ2v) is 8.30. The maximum Gasteiger partial charge on any atom is 0.229 e. The number of aromatic nitrogens is 2. The van der Waals surface area contributed by atoms with E-state index >= 15 is 0 Å².